The molecule has 0 aromatic heterocycles. The van der Waals surface area contributed by atoms with E-state index < -0.39 is 39.7 Å². The fourth-order valence-corrected chi connectivity index (χ4v) is 3.59. The summed E-state index contributed by atoms with van der Waals surface area (Å²) in [6.45, 7) is -1.57. The Balaban J connectivity index is 2.39. The summed E-state index contributed by atoms with van der Waals surface area (Å²) in [7, 11) is -4.38. The van der Waals surface area contributed by atoms with Crippen LogP contribution in [-0.2, 0) is 10.0 Å². The number of halogens is 3. The second-order valence-corrected chi connectivity index (χ2v) is 6.62. The number of alkyl halides is 3. The van der Waals surface area contributed by atoms with Crippen molar-refractivity contribution in [1.29, 1.82) is 0 Å². The van der Waals surface area contributed by atoms with E-state index in [1.807, 2.05) is 0 Å². The number of aromatic carboxylic acids is 1. The number of nitrogens with zero attached hydrogens (tertiary/aromatic N) is 1. The molecule has 1 fully saturated rings. The van der Waals surface area contributed by atoms with Crippen molar-refractivity contribution in [2.75, 3.05) is 6.54 Å². The van der Waals surface area contributed by atoms with Crippen molar-refractivity contribution in [2.24, 2.45) is 0 Å². The molecular weight excluding hydrogens is 311 g/mol. The van der Waals surface area contributed by atoms with Crippen molar-refractivity contribution in [3.8, 4) is 0 Å². The third-order valence-electron chi connectivity index (χ3n) is 2.98. The zero-order valence-electron chi connectivity index (χ0n) is 10.7. The minimum atomic E-state index is -4.65. The van der Waals surface area contributed by atoms with Gasteiger partial charge in [-0.3, -0.25) is 0 Å². The van der Waals surface area contributed by atoms with E-state index in [0.717, 1.165) is 12.1 Å². The molecule has 1 N–H and O–H groups in total. The molecule has 0 aliphatic heterocycles. The third-order valence-corrected chi connectivity index (χ3v) is 4.87. The number of rotatable bonds is 5. The molecule has 0 spiro atoms. The lowest BCUT2D eigenvalue weighted by Crippen LogP contribution is -2.40. The predicted octanol–water partition coefficient (Wildman–Crippen LogP) is 2.10. The van der Waals surface area contributed by atoms with Gasteiger partial charge in [0.2, 0.25) is 10.0 Å². The van der Waals surface area contributed by atoms with Gasteiger partial charge in [-0.2, -0.15) is 17.5 Å². The zero-order chi connectivity index (χ0) is 15.8. The van der Waals surface area contributed by atoms with Gasteiger partial charge in [0.25, 0.3) is 0 Å². The van der Waals surface area contributed by atoms with E-state index in [9.17, 15) is 26.4 Å². The Bertz CT molecular complexity index is 653. The van der Waals surface area contributed by atoms with Crippen LogP contribution in [0.5, 0.6) is 0 Å². The van der Waals surface area contributed by atoms with Crippen molar-refractivity contribution < 1.29 is 31.5 Å². The first-order chi connectivity index (χ1) is 9.61. The molecule has 0 radical (unpaired) electrons. The summed E-state index contributed by atoms with van der Waals surface area (Å²) < 4.78 is 62.6. The number of carboxylic acid groups (broad SMARTS) is 1. The number of carbonyl (C=O) groups is 1. The second-order valence-electron chi connectivity index (χ2n) is 4.73. The largest absolute Gasteiger partial charge is 0.478 e. The SMILES string of the molecule is O=C(O)c1cccc(S(=O)(=O)N(CC(F)(F)F)C2CC2)c1. The Kier molecular flexibility index (Phi) is 3.98. The molecule has 5 nitrogen and oxygen atoms in total. The Hall–Kier alpha value is -1.61. The highest BCUT2D eigenvalue weighted by molar-refractivity contribution is 7.89. The van der Waals surface area contributed by atoms with Gasteiger partial charge in [-0.05, 0) is 31.0 Å². The topological polar surface area (TPSA) is 74.7 Å². The molecule has 0 amide bonds. The average molecular weight is 323 g/mol. The molecule has 0 saturated heterocycles. The van der Waals surface area contributed by atoms with Crippen LogP contribution in [-0.4, -0.2) is 42.6 Å². The van der Waals surface area contributed by atoms with Crippen LogP contribution in [0.4, 0.5) is 13.2 Å². The van der Waals surface area contributed by atoms with Crippen LogP contribution in [0.2, 0.25) is 0 Å². The van der Waals surface area contributed by atoms with Gasteiger partial charge in [0, 0.05) is 6.04 Å². The lowest BCUT2D eigenvalue weighted by molar-refractivity contribution is -0.137. The van der Waals surface area contributed by atoms with E-state index in [2.05, 4.69) is 0 Å². The molecule has 0 bridgehead atoms. The minimum absolute atomic E-state index is 0.293. The predicted molar refractivity (Wildman–Crippen MR) is 66.4 cm³/mol. The maximum Gasteiger partial charge on any atom is 0.402 e. The molecule has 1 aliphatic rings. The average Bonchev–Trinajstić information content (AvgIpc) is 3.19. The molecule has 2 rings (SSSR count). The molecule has 0 unspecified atom stereocenters. The number of benzene rings is 1. The van der Waals surface area contributed by atoms with Gasteiger partial charge in [-0.1, -0.05) is 6.07 Å². The lowest BCUT2D eigenvalue weighted by atomic mass is 10.2. The fraction of sp³-hybridized carbons (Fsp3) is 0.417. The fourth-order valence-electron chi connectivity index (χ4n) is 1.87. The van der Waals surface area contributed by atoms with Gasteiger partial charge in [0.1, 0.15) is 6.54 Å². The highest BCUT2D eigenvalue weighted by Gasteiger charge is 2.44. The molecule has 9 heteroatoms. The smallest absolute Gasteiger partial charge is 0.402 e. The summed E-state index contributed by atoms with van der Waals surface area (Å²) >= 11 is 0. The highest BCUT2D eigenvalue weighted by Crippen LogP contribution is 2.34. The van der Waals surface area contributed by atoms with Gasteiger partial charge >= 0.3 is 12.1 Å². The van der Waals surface area contributed by atoms with Gasteiger partial charge in [0.05, 0.1) is 10.5 Å². The second kappa shape index (κ2) is 5.30. The summed E-state index contributed by atoms with van der Waals surface area (Å²) in [4.78, 5) is 10.4. The summed E-state index contributed by atoms with van der Waals surface area (Å²) in [5, 5.41) is 8.83. The molecule has 1 saturated carbocycles. The summed E-state index contributed by atoms with van der Waals surface area (Å²) in [5.74, 6) is -1.35. The number of hydrogen-bond donors (Lipinski definition) is 1. The Morgan fingerprint density at radius 1 is 1.33 bits per heavy atom. The summed E-state index contributed by atoms with van der Waals surface area (Å²) in [6, 6.07) is 3.64. The van der Waals surface area contributed by atoms with Gasteiger partial charge in [-0.25, -0.2) is 13.2 Å². The Labute approximate surface area is 119 Å². The van der Waals surface area contributed by atoms with Crippen LogP contribution in [0.3, 0.4) is 0 Å². The molecule has 116 valence electrons. The van der Waals surface area contributed by atoms with E-state index >= 15 is 0 Å². The van der Waals surface area contributed by atoms with E-state index in [1.165, 1.54) is 12.1 Å². The third kappa shape index (κ3) is 3.73. The minimum Gasteiger partial charge on any atom is -0.478 e. The normalized spacial score (nSPS) is 16.2. The van der Waals surface area contributed by atoms with Crippen LogP contribution in [0, 0.1) is 0 Å². The van der Waals surface area contributed by atoms with E-state index in [4.69, 9.17) is 5.11 Å². The summed E-state index contributed by atoms with van der Waals surface area (Å²) in [5.41, 5.74) is -0.293. The highest BCUT2D eigenvalue weighted by atomic mass is 32.2. The molecule has 1 aliphatic carbocycles. The van der Waals surface area contributed by atoms with Gasteiger partial charge in [0.15, 0.2) is 0 Å². The molecule has 1 aromatic rings. The quantitative estimate of drug-likeness (QED) is 0.900. The molecule has 21 heavy (non-hydrogen) atoms. The van der Waals surface area contributed by atoms with Crippen molar-refractivity contribution in [3.63, 3.8) is 0 Å². The molecule has 1 aromatic carbocycles. The van der Waals surface area contributed by atoms with E-state index in [-0.39, 0.29) is 5.56 Å². The maximum absolute atomic E-state index is 12.5. The van der Waals surface area contributed by atoms with Crippen molar-refractivity contribution >= 4 is 16.0 Å². The Morgan fingerprint density at radius 2 is 1.95 bits per heavy atom. The first-order valence-corrected chi connectivity index (χ1v) is 7.47. The molecular formula is C12H12F3NO4S. The van der Waals surface area contributed by atoms with E-state index in [0.29, 0.717) is 17.1 Å². The van der Waals surface area contributed by atoms with Crippen LogP contribution in [0.25, 0.3) is 0 Å². The monoisotopic (exact) mass is 323 g/mol. The number of sulfonamides is 1. The van der Waals surface area contributed by atoms with Crippen molar-refractivity contribution in [2.45, 2.75) is 30.0 Å². The van der Waals surface area contributed by atoms with Crippen LogP contribution in [0.15, 0.2) is 29.2 Å². The summed E-state index contributed by atoms with van der Waals surface area (Å²) in [6.07, 6.45) is -3.91. The number of hydrogen-bond acceptors (Lipinski definition) is 3. The molecule has 0 heterocycles. The van der Waals surface area contributed by atoms with Crippen molar-refractivity contribution in [1.82, 2.24) is 4.31 Å². The molecule has 0 atom stereocenters. The Morgan fingerprint density at radius 3 is 2.43 bits per heavy atom. The van der Waals surface area contributed by atoms with E-state index in [1.54, 1.807) is 0 Å². The van der Waals surface area contributed by atoms with Crippen LogP contribution >= 0.6 is 0 Å². The zero-order valence-corrected chi connectivity index (χ0v) is 11.5. The van der Waals surface area contributed by atoms with Gasteiger partial charge in [-0.15, -0.1) is 0 Å². The maximum atomic E-state index is 12.5. The van der Waals surface area contributed by atoms with Gasteiger partial charge < -0.3 is 5.11 Å². The lowest BCUT2D eigenvalue weighted by Gasteiger charge is -2.23. The van der Waals surface area contributed by atoms with Crippen LogP contribution in [0.1, 0.15) is 23.2 Å². The first-order valence-electron chi connectivity index (χ1n) is 6.03. The number of carboxylic acids is 1. The first kappa shape index (κ1) is 15.8. The standard InChI is InChI=1S/C12H12F3NO4S/c13-12(14,15)7-16(9-4-5-9)21(19,20)10-3-1-2-8(6-10)11(17)18/h1-3,6,9H,4-5,7H2,(H,17,18). The van der Waals surface area contributed by atoms with Crippen LogP contribution < -0.4 is 0 Å². The van der Waals surface area contributed by atoms with Crippen molar-refractivity contribution in [3.05, 3.63) is 29.8 Å².